The van der Waals surface area contributed by atoms with Crippen LogP contribution in [0.25, 0.3) is 22.8 Å². The number of likely N-dealkylation sites (tertiary alicyclic amines) is 1. The Morgan fingerprint density at radius 1 is 0.427 bits per heavy atom. The molecule has 5 amide bonds. The molecule has 4 aromatic carbocycles. The van der Waals surface area contributed by atoms with Crippen LogP contribution >= 0.6 is 0 Å². The van der Waals surface area contributed by atoms with Crippen molar-refractivity contribution >= 4 is 70.5 Å². The second kappa shape index (κ2) is 27.2. The minimum Gasteiger partial charge on any atom is -0.478 e. The smallest absolute Gasteiger partial charge is 0.335 e. The SMILES string of the molecule is CN(C)C1CCN(C(=O)c2ccc(NC(=O)Nc3ccc(-c4nc(N5CCOCC5)nc(N5CCOCC5)n4)cc3)cc2)CC1.O=C(Nc1ccc(C(=O)O)cc1)Nc1ccc(-c2nc(N3CCOCC3)nc(N3CCOCC3)n2)cc1. The Morgan fingerprint density at radius 3 is 1.01 bits per heavy atom. The average molecular weight is 1120 g/mol. The number of urea groups is 2. The second-order valence-corrected chi connectivity index (χ2v) is 20.2. The largest absolute Gasteiger partial charge is 0.478 e. The Kier molecular flexibility index (Phi) is 18.8. The summed E-state index contributed by atoms with van der Waals surface area (Å²) in [5.41, 5.74) is 4.67. The van der Waals surface area contributed by atoms with Gasteiger partial charge in [-0.15, -0.1) is 0 Å². The van der Waals surface area contributed by atoms with Crippen molar-refractivity contribution < 1.29 is 43.2 Å². The van der Waals surface area contributed by atoms with Crippen LogP contribution in [0, 0.1) is 0 Å². The highest BCUT2D eigenvalue weighted by molar-refractivity contribution is 6.01. The molecule has 25 heteroatoms. The number of aromatic carboxylic acids is 1. The maximum Gasteiger partial charge on any atom is 0.335 e. The number of carbonyl (C=O) groups excluding carboxylic acids is 3. The van der Waals surface area contributed by atoms with E-state index < -0.39 is 12.0 Å². The first-order chi connectivity index (χ1) is 40.0. The van der Waals surface area contributed by atoms with Gasteiger partial charge in [-0.3, -0.25) is 4.79 Å². The van der Waals surface area contributed by atoms with E-state index in [2.05, 4.69) is 59.9 Å². The molecule has 0 atom stereocenters. The van der Waals surface area contributed by atoms with Gasteiger partial charge in [-0.05, 0) is 124 Å². The molecule has 11 rings (SSSR count). The fourth-order valence-corrected chi connectivity index (χ4v) is 9.74. The number of benzene rings is 4. The predicted molar refractivity (Wildman–Crippen MR) is 310 cm³/mol. The number of aromatic nitrogens is 6. The van der Waals surface area contributed by atoms with E-state index in [1.54, 1.807) is 36.4 Å². The molecule has 0 radical (unpaired) electrons. The van der Waals surface area contributed by atoms with Gasteiger partial charge in [0.1, 0.15) is 0 Å². The number of carboxylic acid groups (broad SMARTS) is 1. The van der Waals surface area contributed by atoms with Crippen molar-refractivity contribution in [3.8, 4) is 22.8 Å². The molecule has 5 aliphatic rings. The van der Waals surface area contributed by atoms with Crippen LogP contribution < -0.4 is 40.9 Å². The standard InChI is InChI=1S/C32H41N9O4.C25H27N7O5/c1-38(2)27-11-13-39(14-12-27)29(42)24-5-9-26(10-6-24)34-32(43)33-25-7-3-23(4-8-25)28-35-30(40-15-19-44-20-16-40)37-31(36-28)41-17-21-45-22-18-41;33-22(34)18-3-7-20(8-4-18)27-25(35)26-19-5-1-17(2-6-19)21-28-23(31-9-13-36-14-10-31)30-24(29-21)32-11-15-37-16-12-32/h3-10,27H,11-22H2,1-2H3,(H2,33,34,43);1-8H,9-16H2,(H,33,34)(H2,26,27,35). The number of amides is 5. The molecule has 7 heterocycles. The molecule has 6 aromatic rings. The van der Waals surface area contributed by atoms with Crippen molar-refractivity contribution in [2.45, 2.75) is 18.9 Å². The summed E-state index contributed by atoms with van der Waals surface area (Å²) in [5, 5.41) is 20.2. The summed E-state index contributed by atoms with van der Waals surface area (Å²) in [6.45, 7) is 12.3. The van der Waals surface area contributed by atoms with Crippen LogP contribution in [0.3, 0.4) is 0 Å². The molecule has 5 N–H and O–H groups in total. The maximum absolute atomic E-state index is 13.0. The zero-order valence-corrected chi connectivity index (χ0v) is 46.0. The molecule has 0 aliphatic carbocycles. The van der Waals surface area contributed by atoms with E-state index in [1.165, 1.54) is 24.3 Å². The Hall–Kier alpha value is -8.62. The summed E-state index contributed by atoms with van der Waals surface area (Å²) in [6, 6.07) is 27.3. The van der Waals surface area contributed by atoms with Gasteiger partial charge < -0.3 is 74.7 Å². The van der Waals surface area contributed by atoms with Gasteiger partial charge in [0.15, 0.2) is 11.6 Å². The highest BCUT2D eigenvalue weighted by Crippen LogP contribution is 2.27. The van der Waals surface area contributed by atoms with Gasteiger partial charge in [0.2, 0.25) is 23.8 Å². The van der Waals surface area contributed by atoms with Gasteiger partial charge in [0, 0.05) is 111 Å². The van der Waals surface area contributed by atoms with Gasteiger partial charge in [0.25, 0.3) is 5.91 Å². The topological polar surface area (TPSA) is 270 Å². The number of nitrogens with zero attached hydrogens (tertiary/aromatic N) is 12. The Balaban J connectivity index is 0.000000187. The van der Waals surface area contributed by atoms with E-state index in [9.17, 15) is 19.2 Å². The molecule has 0 saturated carbocycles. The average Bonchev–Trinajstić information content (AvgIpc) is 3.55. The first-order valence-electron chi connectivity index (χ1n) is 27.6. The number of hydrogen-bond acceptors (Lipinski definition) is 19. The van der Waals surface area contributed by atoms with Crippen molar-refractivity contribution in [1.29, 1.82) is 0 Å². The highest BCUT2D eigenvalue weighted by atomic mass is 16.5. The quantitative estimate of drug-likeness (QED) is 0.0945. The maximum atomic E-state index is 13.0. The molecule has 0 spiro atoms. The lowest BCUT2D eigenvalue weighted by Crippen LogP contribution is -2.44. The lowest BCUT2D eigenvalue weighted by atomic mass is 10.0. The molecule has 0 bridgehead atoms. The minimum atomic E-state index is -1.02. The number of morpholine rings is 4. The molecule has 5 fully saturated rings. The predicted octanol–water partition coefficient (Wildman–Crippen LogP) is 5.58. The van der Waals surface area contributed by atoms with E-state index in [0.717, 1.165) is 63.2 Å². The zero-order chi connectivity index (χ0) is 56.8. The summed E-state index contributed by atoms with van der Waals surface area (Å²) >= 11 is 0. The number of nitrogens with one attached hydrogen (secondary N) is 4. The third-order valence-corrected chi connectivity index (χ3v) is 14.5. The second-order valence-electron chi connectivity index (χ2n) is 20.2. The van der Waals surface area contributed by atoms with E-state index in [1.807, 2.05) is 41.3 Å². The molecule has 0 unspecified atom stereocenters. The van der Waals surface area contributed by atoms with Crippen LogP contribution in [0.4, 0.5) is 56.1 Å². The molecule has 25 nitrogen and oxygen atoms in total. The number of rotatable bonds is 13. The van der Waals surface area contributed by atoms with E-state index in [-0.39, 0.29) is 17.5 Å². The normalized spacial score (nSPS) is 16.9. The van der Waals surface area contributed by atoms with E-state index >= 15 is 0 Å². The van der Waals surface area contributed by atoms with Gasteiger partial charge in [-0.2, -0.15) is 29.9 Å². The first-order valence-corrected chi connectivity index (χ1v) is 27.6. The zero-order valence-electron chi connectivity index (χ0n) is 46.0. The van der Waals surface area contributed by atoms with Crippen molar-refractivity contribution in [3.63, 3.8) is 0 Å². The molecule has 82 heavy (non-hydrogen) atoms. The van der Waals surface area contributed by atoms with Crippen LogP contribution in [-0.4, -0.2) is 207 Å². The lowest BCUT2D eigenvalue weighted by Gasteiger charge is -2.35. The van der Waals surface area contributed by atoms with Crippen LogP contribution in [0.15, 0.2) is 97.1 Å². The van der Waals surface area contributed by atoms with Crippen LogP contribution in [0.5, 0.6) is 0 Å². The molecule has 430 valence electrons. The Bertz CT molecular complexity index is 3040. The van der Waals surface area contributed by atoms with E-state index in [4.69, 9.17) is 54.0 Å². The number of ether oxygens (including phenoxy) is 4. The fraction of sp³-hybridized carbons (Fsp3) is 0.404. The molecule has 5 aliphatic heterocycles. The third-order valence-electron chi connectivity index (χ3n) is 14.5. The first kappa shape index (κ1) is 56.6. The summed E-state index contributed by atoms with van der Waals surface area (Å²) in [7, 11) is 4.17. The van der Waals surface area contributed by atoms with Crippen molar-refractivity contribution in [1.82, 2.24) is 39.7 Å². The van der Waals surface area contributed by atoms with Crippen LogP contribution in [0.2, 0.25) is 0 Å². The summed E-state index contributed by atoms with van der Waals surface area (Å²) in [5.74, 6) is 2.61. The summed E-state index contributed by atoms with van der Waals surface area (Å²) < 4.78 is 22.0. The number of anilines is 8. The summed E-state index contributed by atoms with van der Waals surface area (Å²) in [6.07, 6.45) is 1.94. The number of carbonyl (C=O) groups is 4. The van der Waals surface area contributed by atoms with Crippen molar-refractivity contribution in [2.75, 3.05) is 173 Å². The van der Waals surface area contributed by atoms with Gasteiger partial charge in [0.05, 0.1) is 58.4 Å². The van der Waals surface area contributed by atoms with Crippen molar-refractivity contribution in [3.05, 3.63) is 108 Å². The number of carboxylic acids is 1. The van der Waals surface area contributed by atoms with Crippen molar-refractivity contribution in [2.24, 2.45) is 0 Å². The molecule has 2 aromatic heterocycles. The summed E-state index contributed by atoms with van der Waals surface area (Å²) in [4.78, 5) is 90.2. The number of hydrogen-bond donors (Lipinski definition) is 5. The minimum absolute atomic E-state index is 0.0237. The lowest BCUT2D eigenvalue weighted by molar-refractivity contribution is 0.0661. The molecular weight excluding hydrogens is 1050 g/mol. The monoisotopic (exact) mass is 1120 g/mol. The fourth-order valence-electron chi connectivity index (χ4n) is 9.74. The molecular formula is C57H68N16O9. The van der Waals surface area contributed by atoms with Gasteiger partial charge in [-0.25, -0.2) is 14.4 Å². The van der Waals surface area contributed by atoms with Gasteiger partial charge >= 0.3 is 18.0 Å². The third kappa shape index (κ3) is 15.0. The Labute approximate surface area is 475 Å². The number of piperidine rings is 1. The van der Waals surface area contributed by atoms with Crippen LogP contribution in [-0.2, 0) is 18.9 Å². The Morgan fingerprint density at radius 2 is 0.720 bits per heavy atom. The molecule has 5 saturated heterocycles. The van der Waals surface area contributed by atoms with Crippen LogP contribution in [0.1, 0.15) is 33.6 Å². The highest BCUT2D eigenvalue weighted by Gasteiger charge is 2.26. The van der Waals surface area contributed by atoms with Gasteiger partial charge in [-0.1, -0.05) is 0 Å². The van der Waals surface area contributed by atoms with E-state index in [0.29, 0.717) is 149 Å².